The summed E-state index contributed by atoms with van der Waals surface area (Å²) in [6, 6.07) is 0.736. The first-order chi connectivity index (χ1) is 6.72. The summed E-state index contributed by atoms with van der Waals surface area (Å²) in [5.41, 5.74) is 0. The average molecular weight is 199 g/mol. The van der Waals surface area contributed by atoms with Crippen LogP contribution >= 0.6 is 0 Å². The van der Waals surface area contributed by atoms with Gasteiger partial charge in [0.25, 0.3) is 0 Å². The van der Waals surface area contributed by atoms with E-state index < -0.39 is 0 Å². The van der Waals surface area contributed by atoms with Crippen LogP contribution in [0, 0.1) is 5.92 Å². The lowest BCUT2D eigenvalue weighted by atomic mass is 9.93. The summed E-state index contributed by atoms with van der Waals surface area (Å²) in [5, 5.41) is 3.34. The van der Waals surface area contributed by atoms with Gasteiger partial charge in [-0.05, 0) is 45.1 Å². The van der Waals surface area contributed by atoms with E-state index >= 15 is 0 Å². The van der Waals surface area contributed by atoms with Crippen molar-refractivity contribution in [2.75, 3.05) is 13.7 Å². The van der Waals surface area contributed by atoms with Gasteiger partial charge in [-0.25, -0.2) is 0 Å². The molecule has 1 rings (SSSR count). The highest BCUT2D eigenvalue weighted by Gasteiger charge is 2.19. The van der Waals surface area contributed by atoms with E-state index in [0.717, 1.165) is 18.6 Å². The zero-order valence-electron chi connectivity index (χ0n) is 9.88. The second-order valence-electron chi connectivity index (χ2n) is 4.82. The molecule has 1 saturated carbocycles. The maximum absolute atomic E-state index is 5.86. The van der Waals surface area contributed by atoms with Gasteiger partial charge in [0.05, 0.1) is 6.10 Å². The van der Waals surface area contributed by atoms with E-state index in [0.29, 0.717) is 6.10 Å². The summed E-state index contributed by atoms with van der Waals surface area (Å²) >= 11 is 0. The monoisotopic (exact) mass is 199 g/mol. The van der Waals surface area contributed by atoms with Crippen molar-refractivity contribution >= 4 is 0 Å². The lowest BCUT2D eigenvalue weighted by Crippen LogP contribution is -2.33. The van der Waals surface area contributed by atoms with E-state index in [1.807, 2.05) is 0 Å². The van der Waals surface area contributed by atoms with Crippen molar-refractivity contribution in [3.63, 3.8) is 0 Å². The molecule has 0 unspecified atom stereocenters. The third-order valence-corrected chi connectivity index (χ3v) is 3.13. The summed E-state index contributed by atoms with van der Waals surface area (Å²) in [6.07, 6.45) is 6.78. The summed E-state index contributed by atoms with van der Waals surface area (Å²) in [4.78, 5) is 0. The standard InChI is InChI=1S/C12H25NO/c1-10(2)8-9-14-12-6-4-11(13-3)5-7-12/h10-13H,4-9H2,1-3H3. The number of nitrogens with one attached hydrogen (secondary N) is 1. The van der Waals surface area contributed by atoms with E-state index in [-0.39, 0.29) is 0 Å². The zero-order valence-corrected chi connectivity index (χ0v) is 9.88. The molecule has 0 radical (unpaired) electrons. The Morgan fingerprint density at radius 3 is 2.36 bits per heavy atom. The molecule has 2 nitrogen and oxygen atoms in total. The molecule has 0 aromatic carbocycles. The Balaban J connectivity index is 2.04. The molecule has 0 atom stereocenters. The van der Waals surface area contributed by atoms with Crippen LogP contribution in [0.25, 0.3) is 0 Å². The summed E-state index contributed by atoms with van der Waals surface area (Å²) in [6.45, 7) is 5.45. The van der Waals surface area contributed by atoms with E-state index in [1.165, 1.54) is 32.1 Å². The molecule has 0 aliphatic heterocycles. The number of hydrogen-bond donors (Lipinski definition) is 1. The maximum atomic E-state index is 5.86. The molecule has 1 aliphatic carbocycles. The fraction of sp³-hybridized carbons (Fsp3) is 1.00. The van der Waals surface area contributed by atoms with Crippen LogP contribution < -0.4 is 5.32 Å². The van der Waals surface area contributed by atoms with Crippen LogP contribution in [-0.2, 0) is 4.74 Å². The molecule has 0 spiro atoms. The third kappa shape index (κ3) is 4.43. The van der Waals surface area contributed by atoms with E-state index in [9.17, 15) is 0 Å². The quantitative estimate of drug-likeness (QED) is 0.735. The smallest absolute Gasteiger partial charge is 0.0576 e. The molecule has 1 aliphatic rings. The predicted molar refractivity (Wildman–Crippen MR) is 60.5 cm³/mol. The van der Waals surface area contributed by atoms with Crippen molar-refractivity contribution in [1.29, 1.82) is 0 Å². The van der Waals surface area contributed by atoms with Crippen molar-refractivity contribution in [2.24, 2.45) is 5.92 Å². The van der Waals surface area contributed by atoms with Crippen molar-refractivity contribution in [1.82, 2.24) is 5.32 Å². The van der Waals surface area contributed by atoms with Gasteiger partial charge in [0.2, 0.25) is 0 Å². The van der Waals surface area contributed by atoms with Gasteiger partial charge < -0.3 is 10.1 Å². The molecular weight excluding hydrogens is 174 g/mol. The van der Waals surface area contributed by atoms with Crippen molar-refractivity contribution in [3.05, 3.63) is 0 Å². The van der Waals surface area contributed by atoms with Gasteiger partial charge in [-0.1, -0.05) is 13.8 Å². The highest BCUT2D eigenvalue weighted by molar-refractivity contribution is 4.76. The molecule has 0 aromatic rings. The first-order valence-electron chi connectivity index (χ1n) is 6.01. The molecular formula is C12H25NO. The van der Waals surface area contributed by atoms with Crippen molar-refractivity contribution in [3.8, 4) is 0 Å². The van der Waals surface area contributed by atoms with Crippen LogP contribution in [0.15, 0.2) is 0 Å². The highest BCUT2D eigenvalue weighted by atomic mass is 16.5. The number of hydrogen-bond acceptors (Lipinski definition) is 2. The minimum Gasteiger partial charge on any atom is -0.378 e. The molecule has 84 valence electrons. The summed E-state index contributed by atoms with van der Waals surface area (Å²) in [7, 11) is 2.06. The molecule has 2 heteroatoms. The molecule has 0 bridgehead atoms. The largest absolute Gasteiger partial charge is 0.378 e. The predicted octanol–water partition coefficient (Wildman–Crippen LogP) is 2.58. The van der Waals surface area contributed by atoms with Crippen LogP contribution in [0.3, 0.4) is 0 Å². The van der Waals surface area contributed by atoms with Gasteiger partial charge in [0.1, 0.15) is 0 Å². The second kappa shape index (κ2) is 6.41. The summed E-state index contributed by atoms with van der Waals surface area (Å²) < 4.78 is 5.86. The van der Waals surface area contributed by atoms with Crippen molar-refractivity contribution in [2.45, 2.75) is 58.1 Å². The first kappa shape index (κ1) is 12.0. The SMILES string of the molecule is CNC1CCC(OCCC(C)C)CC1. The Morgan fingerprint density at radius 1 is 1.21 bits per heavy atom. The Bertz CT molecular complexity index is 139. The number of ether oxygens (including phenoxy) is 1. The molecule has 0 aromatic heterocycles. The normalized spacial score (nSPS) is 28.3. The van der Waals surface area contributed by atoms with Crippen LogP contribution in [0.1, 0.15) is 46.0 Å². The molecule has 1 fully saturated rings. The molecule has 14 heavy (non-hydrogen) atoms. The lowest BCUT2D eigenvalue weighted by Gasteiger charge is -2.28. The molecule has 1 N–H and O–H groups in total. The minimum atomic E-state index is 0.540. The summed E-state index contributed by atoms with van der Waals surface area (Å²) in [5.74, 6) is 0.767. The maximum Gasteiger partial charge on any atom is 0.0576 e. The minimum absolute atomic E-state index is 0.540. The Morgan fingerprint density at radius 2 is 1.86 bits per heavy atom. The third-order valence-electron chi connectivity index (χ3n) is 3.13. The fourth-order valence-corrected chi connectivity index (χ4v) is 1.99. The lowest BCUT2D eigenvalue weighted by molar-refractivity contribution is 0.0179. The molecule has 0 amide bonds. The van der Waals surface area contributed by atoms with Crippen LogP contribution in [0.5, 0.6) is 0 Å². The Labute approximate surface area is 88.4 Å². The first-order valence-corrected chi connectivity index (χ1v) is 6.01. The Hall–Kier alpha value is -0.0800. The molecule has 0 saturated heterocycles. The second-order valence-corrected chi connectivity index (χ2v) is 4.82. The van der Waals surface area contributed by atoms with Gasteiger partial charge in [0.15, 0.2) is 0 Å². The highest BCUT2D eigenvalue weighted by Crippen LogP contribution is 2.21. The molecule has 0 heterocycles. The van der Waals surface area contributed by atoms with E-state index in [2.05, 4.69) is 26.2 Å². The average Bonchev–Trinajstić information content (AvgIpc) is 2.18. The zero-order chi connectivity index (χ0) is 10.4. The van der Waals surface area contributed by atoms with Gasteiger partial charge in [-0.2, -0.15) is 0 Å². The van der Waals surface area contributed by atoms with E-state index in [1.54, 1.807) is 0 Å². The van der Waals surface area contributed by atoms with Crippen LogP contribution in [0.4, 0.5) is 0 Å². The van der Waals surface area contributed by atoms with Gasteiger partial charge in [-0.3, -0.25) is 0 Å². The van der Waals surface area contributed by atoms with Crippen molar-refractivity contribution < 1.29 is 4.74 Å². The fourth-order valence-electron chi connectivity index (χ4n) is 1.99. The topological polar surface area (TPSA) is 21.3 Å². The van der Waals surface area contributed by atoms with Gasteiger partial charge in [-0.15, -0.1) is 0 Å². The van der Waals surface area contributed by atoms with Crippen LogP contribution in [-0.4, -0.2) is 25.8 Å². The van der Waals surface area contributed by atoms with Crippen LogP contribution in [0.2, 0.25) is 0 Å². The van der Waals surface area contributed by atoms with Gasteiger partial charge in [0, 0.05) is 12.6 Å². The Kier molecular flexibility index (Phi) is 5.49. The van der Waals surface area contributed by atoms with E-state index in [4.69, 9.17) is 4.74 Å². The van der Waals surface area contributed by atoms with Gasteiger partial charge >= 0.3 is 0 Å². The number of rotatable bonds is 5.